The Morgan fingerprint density at radius 2 is 0.634 bits per heavy atom. The van der Waals surface area contributed by atoms with Crippen molar-refractivity contribution in [2.24, 2.45) is 0 Å². The van der Waals surface area contributed by atoms with Gasteiger partial charge >= 0.3 is 0 Å². The first-order valence-electron chi connectivity index (χ1n) is 24.6. The largest absolute Gasteiger partial charge is 0.455 e. The maximum atomic E-state index is 6.75. The third-order valence-corrected chi connectivity index (χ3v) is 15.3. The van der Waals surface area contributed by atoms with E-state index in [-0.39, 0.29) is 11.8 Å². The lowest BCUT2D eigenvalue weighted by Gasteiger charge is -2.44. The van der Waals surface area contributed by atoms with Crippen LogP contribution in [0.1, 0.15) is 45.2 Å². The minimum absolute atomic E-state index is 0.0763. The van der Waals surface area contributed by atoms with Gasteiger partial charge in [0.25, 0.3) is 0 Å². The van der Waals surface area contributed by atoms with Crippen molar-refractivity contribution in [1.82, 2.24) is 0 Å². The van der Waals surface area contributed by atoms with Crippen molar-refractivity contribution in [2.45, 2.75) is 11.8 Å². The van der Waals surface area contributed by atoms with Gasteiger partial charge in [0.15, 0.2) is 0 Å². The molecule has 0 N–H and O–H groups in total. The Morgan fingerprint density at radius 1 is 0.254 bits per heavy atom. The zero-order valence-corrected chi connectivity index (χ0v) is 38.6. The lowest BCUT2D eigenvalue weighted by atomic mass is 9.58. The zero-order valence-electron chi connectivity index (χ0n) is 38.6. The van der Waals surface area contributed by atoms with Gasteiger partial charge in [0, 0.05) is 61.6 Å². The molecule has 2 aromatic heterocycles. The van der Waals surface area contributed by atoms with Crippen LogP contribution in [0.5, 0.6) is 0 Å². The maximum Gasteiger partial charge on any atom is 0.143 e. The average Bonchev–Trinajstić information content (AvgIpc) is 4.03. The van der Waals surface area contributed by atoms with Crippen LogP contribution < -0.4 is 4.90 Å². The van der Waals surface area contributed by atoms with E-state index in [0.29, 0.717) is 0 Å². The van der Waals surface area contributed by atoms with Crippen molar-refractivity contribution < 1.29 is 8.83 Å². The molecule has 3 aliphatic carbocycles. The number of furan rings is 2. The molecule has 0 radical (unpaired) electrons. The summed E-state index contributed by atoms with van der Waals surface area (Å²) < 4.78 is 13.2. The van der Waals surface area contributed by atoms with E-state index in [4.69, 9.17) is 8.83 Å². The minimum atomic E-state index is 0.0763. The number of para-hydroxylation sites is 4. The number of anilines is 3. The molecule has 11 aromatic carbocycles. The van der Waals surface area contributed by atoms with Gasteiger partial charge in [0.1, 0.15) is 22.3 Å². The molecular formula is C68H43NO2. The molecule has 0 amide bonds. The summed E-state index contributed by atoms with van der Waals surface area (Å²) >= 11 is 0. The van der Waals surface area contributed by atoms with Gasteiger partial charge in [-0.1, -0.05) is 200 Å². The second kappa shape index (κ2) is 15.7. The van der Waals surface area contributed by atoms with Crippen molar-refractivity contribution in [3.63, 3.8) is 0 Å². The Kier molecular flexibility index (Phi) is 8.78. The fourth-order valence-electron chi connectivity index (χ4n) is 12.2. The number of fused-ring (bicyclic) bond motifs is 6. The SMILES string of the molecule is c1ccc(-c2ccc(N(c3ccc(-c4ccc(-c5cccc6c5oc5ccccc56)c5c4C4c6ccccc6C5c5ccccc54)cc3)c3ccc(-c4cccc5c4oc4ccccc45)cc3)cc2)cc1. The van der Waals surface area contributed by atoms with E-state index in [1.807, 2.05) is 12.1 Å². The molecule has 0 unspecified atom stereocenters. The van der Waals surface area contributed by atoms with E-state index in [1.165, 1.54) is 61.2 Å². The molecule has 0 saturated heterocycles. The predicted octanol–water partition coefficient (Wildman–Crippen LogP) is 18.6. The monoisotopic (exact) mass is 905 g/mol. The van der Waals surface area contributed by atoms with Gasteiger partial charge in [-0.3, -0.25) is 0 Å². The van der Waals surface area contributed by atoms with Crippen molar-refractivity contribution in [3.05, 3.63) is 282 Å². The molecule has 0 aliphatic heterocycles. The Hall–Kier alpha value is -9.18. The summed E-state index contributed by atoms with van der Waals surface area (Å²) in [6.07, 6.45) is 0. The first-order valence-corrected chi connectivity index (χ1v) is 24.6. The molecule has 0 saturated carbocycles. The van der Waals surface area contributed by atoms with Gasteiger partial charge in [-0.25, -0.2) is 0 Å². The van der Waals surface area contributed by atoms with E-state index < -0.39 is 0 Å². The summed E-state index contributed by atoms with van der Waals surface area (Å²) in [5, 5.41) is 4.55. The van der Waals surface area contributed by atoms with Crippen LogP contribution in [0, 0.1) is 0 Å². The Bertz CT molecular complexity index is 4170. The third-order valence-electron chi connectivity index (χ3n) is 15.3. The van der Waals surface area contributed by atoms with Gasteiger partial charge in [-0.05, 0) is 115 Å². The Labute approximate surface area is 411 Å². The van der Waals surface area contributed by atoms with Crippen molar-refractivity contribution in [3.8, 4) is 44.5 Å². The summed E-state index contributed by atoms with van der Waals surface area (Å²) in [6, 6.07) is 90.4. The van der Waals surface area contributed by atoms with Gasteiger partial charge in [0.2, 0.25) is 0 Å². The van der Waals surface area contributed by atoms with Crippen LogP contribution >= 0.6 is 0 Å². The average molecular weight is 906 g/mol. The molecule has 2 bridgehead atoms. The summed E-state index contributed by atoms with van der Waals surface area (Å²) in [5.41, 5.74) is 24.6. The highest BCUT2D eigenvalue weighted by molar-refractivity contribution is 6.11. The molecule has 13 aromatic rings. The van der Waals surface area contributed by atoms with Crippen molar-refractivity contribution in [1.29, 1.82) is 0 Å². The molecule has 3 aliphatic rings. The molecule has 3 heteroatoms. The molecule has 16 rings (SSSR count). The minimum Gasteiger partial charge on any atom is -0.455 e. The molecule has 3 nitrogen and oxygen atoms in total. The Balaban J connectivity index is 0.878. The fourth-order valence-corrected chi connectivity index (χ4v) is 12.2. The predicted molar refractivity (Wildman–Crippen MR) is 292 cm³/mol. The molecule has 0 atom stereocenters. The lowest BCUT2D eigenvalue weighted by molar-refractivity contribution is 0.669. The lowest BCUT2D eigenvalue weighted by Crippen LogP contribution is -2.28. The summed E-state index contributed by atoms with van der Waals surface area (Å²) in [6.45, 7) is 0. The number of hydrogen-bond acceptors (Lipinski definition) is 3. The maximum absolute atomic E-state index is 6.75. The highest BCUT2D eigenvalue weighted by Gasteiger charge is 2.44. The van der Waals surface area contributed by atoms with E-state index in [1.54, 1.807) is 0 Å². The molecular weight excluding hydrogens is 863 g/mol. The molecule has 71 heavy (non-hydrogen) atoms. The van der Waals surface area contributed by atoms with Crippen LogP contribution in [-0.4, -0.2) is 0 Å². The summed E-state index contributed by atoms with van der Waals surface area (Å²) in [7, 11) is 0. The van der Waals surface area contributed by atoms with Crippen LogP contribution in [0.15, 0.2) is 258 Å². The summed E-state index contributed by atoms with van der Waals surface area (Å²) in [4.78, 5) is 2.37. The topological polar surface area (TPSA) is 29.5 Å². The van der Waals surface area contributed by atoms with Gasteiger partial charge in [-0.2, -0.15) is 0 Å². The van der Waals surface area contributed by atoms with E-state index in [9.17, 15) is 0 Å². The van der Waals surface area contributed by atoms with E-state index >= 15 is 0 Å². The first-order chi connectivity index (χ1) is 35.2. The Morgan fingerprint density at radius 3 is 1.17 bits per heavy atom. The van der Waals surface area contributed by atoms with Crippen molar-refractivity contribution in [2.75, 3.05) is 4.90 Å². The van der Waals surface area contributed by atoms with Crippen LogP contribution in [0.25, 0.3) is 88.4 Å². The smallest absolute Gasteiger partial charge is 0.143 e. The highest BCUT2D eigenvalue weighted by Crippen LogP contribution is 2.60. The first kappa shape index (κ1) is 39.8. The number of nitrogens with zero attached hydrogens (tertiary/aromatic N) is 1. The van der Waals surface area contributed by atoms with Gasteiger partial charge in [-0.15, -0.1) is 0 Å². The van der Waals surface area contributed by atoms with Crippen molar-refractivity contribution >= 4 is 60.9 Å². The second-order valence-electron chi connectivity index (χ2n) is 19.0. The van der Waals surface area contributed by atoms with E-state index in [2.05, 4.69) is 241 Å². The molecule has 332 valence electrons. The quantitative estimate of drug-likeness (QED) is 0.160. The molecule has 0 spiro atoms. The van der Waals surface area contributed by atoms with Crippen LogP contribution in [0.4, 0.5) is 17.1 Å². The normalized spacial score (nSPS) is 14.5. The highest BCUT2D eigenvalue weighted by atomic mass is 16.3. The summed E-state index contributed by atoms with van der Waals surface area (Å²) in [5.74, 6) is 0.155. The number of hydrogen-bond donors (Lipinski definition) is 0. The third kappa shape index (κ3) is 6.09. The second-order valence-corrected chi connectivity index (χ2v) is 19.0. The van der Waals surface area contributed by atoms with E-state index in [0.717, 1.165) is 77.6 Å². The fraction of sp³-hybridized carbons (Fsp3) is 0.0294. The van der Waals surface area contributed by atoms with Gasteiger partial charge < -0.3 is 13.7 Å². The standard InChI is InChI=1S/C68H43NO2/c1-2-14-42(15-3-1)43-28-34-46(35-29-43)69(48-38-32-45(33-39-48)50-22-12-23-58-51-16-8-10-26-61(51)70-67(50)58)47-36-30-44(31-37-47)49-40-41-57(60-25-13-24-59-52-17-9-11-27-62(52)71-68(59)60)66-64-55-20-6-4-18-53(55)63(65(49)66)54-19-5-7-21-56(54)64/h1-41,63-64H. The van der Waals surface area contributed by atoms with Crippen LogP contribution in [0.3, 0.4) is 0 Å². The van der Waals surface area contributed by atoms with Crippen LogP contribution in [-0.2, 0) is 0 Å². The zero-order chi connectivity index (χ0) is 46.6. The van der Waals surface area contributed by atoms with Gasteiger partial charge in [0.05, 0.1) is 0 Å². The number of rotatable bonds is 7. The molecule has 2 heterocycles. The molecule has 0 fully saturated rings. The van der Waals surface area contributed by atoms with Crippen LogP contribution in [0.2, 0.25) is 0 Å². The number of benzene rings is 11.